The number of hydrogen-bond donors (Lipinski definition) is 4. The third-order valence-corrected chi connectivity index (χ3v) is 5.92. The van der Waals surface area contributed by atoms with E-state index < -0.39 is 15.9 Å². The van der Waals surface area contributed by atoms with Gasteiger partial charge in [-0.05, 0) is 35.4 Å². The zero-order valence-electron chi connectivity index (χ0n) is 16.9. The van der Waals surface area contributed by atoms with E-state index in [1.54, 1.807) is 30.6 Å². The largest absolute Gasteiger partial charge is 0.380 e. The van der Waals surface area contributed by atoms with Crippen molar-refractivity contribution < 1.29 is 13.2 Å². The van der Waals surface area contributed by atoms with Crippen molar-refractivity contribution in [3.63, 3.8) is 0 Å². The van der Waals surface area contributed by atoms with Crippen molar-refractivity contribution in [3.8, 4) is 0 Å². The molecule has 0 saturated heterocycles. The molecule has 8 nitrogen and oxygen atoms in total. The number of nitrogens with one attached hydrogen (secondary N) is 2. The van der Waals surface area contributed by atoms with Crippen LogP contribution in [0.2, 0.25) is 0 Å². The van der Waals surface area contributed by atoms with Crippen LogP contribution in [-0.2, 0) is 21.4 Å². The smallest absolute Gasteiger partial charge is 0.249 e. The first kappa shape index (κ1) is 21.3. The van der Waals surface area contributed by atoms with E-state index in [1.165, 1.54) is 12.1 Å². The molecule has 0 unspecified atom stereocenters. The molecule has 0 saturated carbocycles. The van der Waals surface area contributed by atoms with Crippen molar-refractivity contribution in [2.45, 2.75) is 11.4 Å². The number of sulfonamides is 1. The lowest BCUT2D eigenvalue weighted by Gasteiger charge is -2.10. The van der Waals surface area contributed by atoms with E-state index in [1.807, 2.05) is 36.4 Å². The fourth-order valence-electron chi connectivity index (χ4n) is 3.41. The second-order valence-electron chi connectivity index (χ2n) is 7.16. The van der Waals surface area contributed by atoms with E-state index in [4.69, 9.17) is 10.9 Å². The van der Waals surface area contributed by atoms with Gasteiger partial charge in [-0.15, -0.1) is 0 Å². The molecule has 0 spiro atoms. The van der Waals surface area contributed by atoms with Crippen molar-refractivity contribution in [3.05, 3.63) is 89.7 Å². The summed E-state index contributed by atoms with van der Waals surface area (Å²) in [5.74, 6) is -0.529. The summed E-state index contributed by atoms with van der Waals surface area (Å²) in [6, 6.07) is 17.4. The number of hydrogen-bond acceptors (Lipinski definition) is 5. The Kier molecular flexibility index (Phi) is 5.76. The number of carbonyl (C=O) groups is 1. The van der Waals surface area contributed by atoms with E-state index in [9.17, 15) is 13.2 Å². The molecule has 2 aromatic heterocycles. The molecular formula is C23H21N5O3S. The number of benzene rings is 2. The van der Waals surface area contributed by atoms with Gasteiger partial charge in [-0.3, -0.25) is 4.79 Å². The van der Waals surface area contributed by atoms with Gasteiger partial charge in [-0.2, -0.15) is 0 Å². The minimum absolute atomic E-state index is 0.0607. The molecule has 4 rings (SSSR count). The molecule has 0 aliphatic heterocycles. The summed E-state index contributed by atoms with van der Waals surface area (Å²) in [5, 5.41) is 9.30. The number of fused-ring (bicyclic) bond motifs is 1. The van der Waals surface area contributed by atoms with Crippen LogP contribution in [0.5, 0.6) is 0 Å². The quantitative estimate of drug-likeness (QED) is 0.322. The van der Waals surface area contributed by atoms with Crippen LogP contribution in [0.4, 0.5) is 5.69 Å². The predicted molar refractivity (Wildman–Crippen MR) is 125 cm³/mol. The van der Waals surface area contributed by atoms with Gasteiger partial charge in [0.25, 0.3) is 0 Å². The summed E-state index contributed by atoms with van der Waals surface area (Å²) < 4.78 is 22.9. The van der Waals surface area contributed by atoms with Crippen LogP contribution in [0.25, 0.3) is 22.7 Å². The summed E-state index contributed by atoms with van der Waals surface area (Å²) in [4.78, 5) is 19.7. The summed E-state index contributed by atoms with van der Waals surface area (Å²) >= 11 is 0. The lowest BCUT2D eigenvalue weighted by molar-refractivity contribution is -0.112. The number of H-pyrrole nitrogens is 1. The van der Waals surface area contributed by atoms with Gasteiger partial charge in [0.1, 0.15) is 5.65 Å². The first-order valence-corrected chi connectivity index (χ1v) is 11.3. The van der Waals surface area contributed by atoms with Gasteiger partial charge < -0.3 is 16.0 Å². The monoisotopic (exact) mass is 447 g/mol. The molecule has 32 heavy (non-hydrogen) atoms. The maximum Gasteiger partial charge on any atom is 0.249 e. The number of anilines is 1. The molecule has 0 aliphatic carbocycles. The highest BCUT2D eigenvalue weighted by Gasteiger charge is 2.13. The number of nitrogens with zero attached hydrogens (tertiary/aromatic N) is 1. The van der Waals surface area contributed by atoms with Gasteiger partial charge in [0.2, 0.25) is 15.9 Å². The van der Waals surface area contributed by atoms with Crippen molar-refractivity contribution >= 4 is 44.3 Å². The zero-order chi connectivity index (χ0) is 22.7. The van der Waals surface area contributed by atoms with Crippen molar-refractivity contribution in [2.75, 3.05) is 5.32 Å². The first-order valence-electron chi connectivity index (χ1n) is 9.71. The van der Waals surface area contributed by atoms with Gasteiger partial charge in [-0.1, -0.05) is 42.5 Å². The number of pyridine rings is 1. The van der Waals surface area contributed by atoms with Gasteiger partial charge in [0.15, 0.2) is 0 Å². The SMILES string of the molecule is NC(=O)/C(=C/c1c[nH]c2nccc(NCc3ccc(S(N)(=O)=O)cc3)c12)c1ccccc1. The Morgan fingerprint density at radius 2 is 1.78 bits per heavy atom. The highest BCUT2D eigenvalue weighted by Crippen LogP contribution is 2.29. The number of aromatic amines is 1. The molecule has 1 amide bonds. The van der Waals surface area contributed by atoms with E-state index in [0.717, 1.165) is 27.8 Å². The zero-order valence-corrected chi connectivity index (χ0v) is 17.8. The summed E-state index contributed by atoms with van der Waals surface area (Å²) in [6.07, 6.45) is 5.19. The van der Waals surface area contributed by atoms with Gasteiger partial charge in [0.05, 0.1) is 4.90 Å². The summed E-state index contributed by atoms with van der Waals surface area (Å²) in [5.41, 5.74) is 9.85. The molecule has 0 bridgehead atoms. The normalized spacial score (nSPS) is 12.1. The molecule has 0 aliphatic rings. The molecular weight excluding hydrogens is 426 g/mol. The van der Waals surface area contributed by atoms with Crippen LogP contribution < -0.4 is 16.2 Å². The number of carbonyl (C=O) groups excluding carboxylic acids is 1. The average Bonchev–Trinajstić information content (AvgIpc) is 3.19. The van der Waals surface area contributed by atoms with Gasteiger partial charge >= 0.3 is 0 Å². The minimum atomic E-state index is -3.73. The fraction of sp³-hybridized carbons (Fsp3) is 0.0435. The second kappa shape index (κ2) is 8.66. The van der Waals surface area contributed by atoms with E-state index in [-0.39, 0.29) is 4.90 Å². The molecule has 0 fully saturated rings. The van der Waals surface area contributed by atoms with Crippen LogP contribution in [0.1, 0.15) is 16.7 Å². The summed E-state index contributed by atoms with van der Waals surface area (Å²) in [7, 11) is -3.73. The van der Waals surface area contributed by atoms with Crippen molar-refractivity contribution in [1.29, 1.82) is 0 Å². The number of rotatable bonds is 7. The molecule has 2 heterocycles. The average molecular weight is 448 g/mol. The first-order chi connectivity index (χ1) is 15.3. The van der Waals surface area contributed by atoms with Crippen LogP contribution >= 0.6 is 0 Å². The Hall–Kier alpha value is -3.95. The Morgan fingerprint density at radius 1 is 1.06 bits per heavy atom. The highest BCUT2D eigenvalue weighted by molar-refractivity contribution is 7.89. The van der Waals surface area contributed by atoms with Crippen molar-refractivity contribution in [2.24, 2.45) is 10.9 Å². The number of nitrogens with two attached hydrogens (primary N) is 2. The molecule has 9 heteroatoms. The lowest BCUT2D eigenvalue weighted by atomic mass is 10.0. The minimum Gasteiger partial charge on any atom is -0.380 e. The maximum absolute atomic E-state index is 12.1. The molecule has 2 aromatic carbocycles. The van der Waals surface area contributed by atoms with Crippen LogP contribution in [0, 0.1) is 0 Å². The predicted octanol–water partition coefficient (Wildman–Crippen LogP) is 2.85. The molecule has 6 N–H and O–H groups in total. The molecule has 162 valence electrons. The molecule has 0 radical (unpaired) electrons. The summed E-state index contributed by atoms with van der Waals surface area (Å²) in [6.45, 7) is 0.444. The molecule has 4 aromatic rings. The Labute approximate surface area is 185 Å². The van der Waals surface area contributed by atoms with Crippen LogP contribution in [-0.4, -0.2) is 24.3 Å². The van der Waals surface area contributed by atoms with E-state index in [2.05, 4.69) is 15.3 Å². The number of amides is 1. The number of aromatic nitrogens is 2. The second-order valence-corrected chi connectivity index (χ2v) is 8.72. The third kappa shape index (κ3) is 4.53. The third-order valence-electron chi connectivity index (χ3n) is 4.99. The topological polar surface area (TPSA) is 144 Å². The Morgan fingerprint density at radius 3 is 2.44 bits per heavy atom. The van der Waals surface area contributed by atoms with Crippen LogP contribution in [0.3, 0.4) is 0 Å². The van der Waals surface area contributed by atoms with Gasteiger partial charge in [0, 0.05) is 41.1 Å². The van der Waals surface area contributed by atoms with E-state index in [0.29, 0.717) is 17.8 Å². The van der Waals surface area contributed by atoms with Gasteiger partial charge in [-0.25, -0.2) is 18.5 Å². The van der Waals surface area contributed by atoms with E-state index >= 15 is 0 Å². The number of primary sulfonamides is 1. The Bertz CT molecular complexity index is 1410. The van der Waals surface area contributed by atoms with Crippen molar-refractivity contribution in [1.82, 2.24) is 9.97 Å². The standard InChI is InChI=1S/C23H21N5O3S/c24-22(29)19(16-4-2-1-3-5-16)12-17-14-28-23-21(17)20(10-11-26-23)27-13-15-6-8-18(9-7-15)32(25,30)31/h1-12,14H,13H2,(H2,24,29)(H2,25,30,31)(H2,26,27,28)/b19-12+. The van der Waals surface area contributed by atoms with Crippen LogP contribution in [0.15, 0.2) is 78.0 Å². The lowest BCUT2D eigenvalue weighted by Crippen LogP contribution is -2.12. The maximum atomic E-state index is 12.1. The number of primary amides is 1. The fourth-order valence-corrected chi connectivity index (χ4v) is 3.92. The Balaban J connectivity index is 1.67. The highest BCUT2D eigenvalue weighted by atomic mass is 32.2. The molecule has 0 atom stereocenters.